The number of para-hydroxylation sites is 1. The van der Waals surface area contributed by atoms with Crippen LogP contribution >= 0.6 is 0 Å². The van der Waals surface area contributed by atoms with Gasteiger partial charge < -0.3 is 9.47 Å². The standard InChI is InChI=1S/C25H28N2O5S/c1-15-16(2)23-20(12-13-25(4,32-23)24(28)27-33(5,29)30)17(3)22(15)31-14-19-11-10-18-8-6-7-9-21(18)26-19/h6-11H,12-14H2,1-5H3,(H,27,28). The molecule has 2 heterocycles. The van der Waals surface area contributed by atoms with Crippen LogP contribution in [-0.2, 0) is 27.8 Å². The smallest absolute Gasteiger partial charge is 0.277 e. The van der Waals surface area contributed by atoms with E-state index in [4.69, 9.17) is 9.47 Å². The third kappa shape index (κ3) is 4.53. The molecule has 2 aromatic carbocycles. The molecule has 4 rings (SSSR count). The molecule has 1 N–H and O–H groups in total. The first-order chi connectivity index (χ1) is 15.5. The highest BCUT2D eigenvalue weighted by Crippen LogP contribution is 2.44. The fourth-order valence-corrected chi connectivity index (χ4v) is 4.77. The third-order valence-electron chi connectivity index (χ3n) is 6.27. The van der Waals surface area contributed by atoms with Gasteiger partial charge in [0.2, 0.25) is 10.0 Å². The number of carbonyl (C=O) groups is 1. The van der Waals surface area contributed by atoms with Crippen LogP contribution in [0.5, 0.6) is 11.5 Å². The molecule has 0 aliphatic carbocycles. The molecule has 7 nitrogen and oxygen atoms in total. The number of nitrogens with one attached hydrogen (secondary N) is 1. The van der Waals surface area contributed by atoms with Gasteiger partial charge in [0.1, 0.15) is 18.1 Å². The second-order valence-electron chi connectivity index (χ2n) is 8.83. The van der Waals surface area contributed by atoms with Crippen LogP contribution in [0.15, 0.2) is 36.4 Å². The van der Waals surface area contributed by atoms with Gasteiger partial charge in [-0.05, 0) is 62.9 Å². The second-order valence-corrected chi connectivity index (χ2v) is 10.6. The molecule has 0 spiro atoms. The maximum absolute atomic E-state index is 12.6. The van der Waals surface area contributed by atoms with Crippen molar-refractivity contribution in [3.63, 3.8) is 0 Å². The largest absolute Gasteiger partial charge is 0.487 e. The first kappa shape index (κ1) is 23.0. The molecule has 1 unspecified atom stereocenters. The van der Waals surface area contributed by atoms with Gasteiger partial charge in [-0.1, -0.05) is 24.3 Å². The van der Waals surface area contributed by atoms with E-state index in [1.807, 2.05) is 61.9 Å². The van der Waals surface area contributed by atoms with Gasteiger partial charge in [0.15, 0.2) is 5.60 Å². The highest BCUT2D eigenvalue weighted by molar-refractivity contribution is 7.89. The van der Waals surface area contributed by atoms with Crippen LogP contribution in [0.4, 0.5) is 0 Å². The van der Waals surface area contributed by atoms with Crippen molar-refractivity contribution in [3.05, 3.63) is 64.3 Å². The Morgan fingerprint density at radius 3 is 2.58 bits per heavy atom. The lowest BCUT2D eigenvalue weighted by atomic mass is 9.87. The van der Waals surface area contributed by atoms with Crippen LogP contribution in [-0.4, -0.2) is 31.2 Å². The molecule has 0 radical (unpaired) electrons. The van der Waals surface area contributed by atoms with Gasteiger partial charge in [-0.2, -0.15) is 0 Å². The van der Waals surface area contributed by atoms with Crippen molar-refractivity contribution in [2.24, 2.45) is 0 Å². The van der Waals surface area contributed by atoms with E-state index in [0.717, 1.165) is 50.9 Å². The number of hydrogen-bond acceptors (Lipinski definition) is 6. The number of fused-ring (bicyclic) bond motifs is 2. The Morgan fingerprint density at radius 2 is 1.85 bits per heavy atom. The Labute approximate surface area is 194 Å². The molecule has 1 amide bonds. The quantitative estimate of drug-likeness (QED) is 0.610. The lowest BCUT2D eigenvalue weighted by Crippen LogP contribution is -2.52. The summed E-state index contributed by atoms with van der Waals surface area (Å²) in [6.07, 6.45) is 1.88. The number of rotatable bonds is 5. The SMILES string of the molecule is Cc1c(C)c2c(c(C)c1OCc1ccc3ccccc3n1)CCC(C)(C(=O)NS(C)(=O)=O)O2. The summed E-state index contributed by atoms with van der Waals surface area (Å²) in [6, 6.07) is 12.0. The van der Waals surface area contributed by atoms with Crippen molar-refractivity contribution in [3.8, 4) is 11.5 Å². The molecule has 0 fully saturated rings. The summed E-state index contributed by atoms with van der Waals surface area (Å²) in [7, 11) is -3.67. The number of aromatic nitrogens is 1. The normalized spacial score (nSPS) is 17.8. The van der Waals surface area contributed by atoms with E-state index in [9.17, 15) is 13.2 Å². The van der Waals surface area contributed by atoms with E-state index in [1.165, 1.54) is 0 Å². The average molecular weight is 469 g/mol. The molecule has 1 aromatic heterocycles. The first-order valence-electron chi connectivity index (χ1n) is 10.8. The van der Waals surface area contributed by atoms with Crippen LogP contribution in [0, 0.1) is 20.8 Å². The summed E-state index contributed by atoms with van der Waals surface area (Å²) in [6.45, 7) is 7.82. The minimum Gasteiger partial charge on any atom is -0.487 e. The monoisotopic (exact) mass is 468 g/mol. The predicted octanol–water partition coefficient (Wildman–Crippen LogP) is 3.90. The van der Waals surface area contributed by atoms with Crippen LogP contribution in [0.2, 0.25) is 0 Å². The second kappa shape index (κ2) is 8.33. The summed E-state index contributed by atoms with van der Waals surface area (Å²) in [5, 5.41) is 1.08. The summed E-state index contributed by atoms with van der Waals surface area (Å²) >= 11 is 0. The Morgan fingerprint density at radius 1 is 1.12 bits per heavy atom. The van der Waals surface area contributed by atoms with Gasteiger partial charge in [0.05, 0.1) is 17.5 Å². The van der Waals surface area contributed by atoms with E-state index in [-0.39, 0.29) is 0 Å². The lowest BCUT2D eigenvalue weighted by molar-refractivity contribution is -0.134. The molecule has 0 saturated carbocycles. The number of benzene rings is 2. The number of pyridine rings is 1. The topological polar surface area (TPSA) is 94.6 Å². The molecular weight excluding hydrogens is 440 g/mol. The van der Waals surface area contributed by atoms with Gasteiger partial charge in [0.25, 0.3) is 5.91 Å². The number of sulfonamides is 1. The number of amides is 1. The van der Waals surface area contributed by atoms with Crippen LogP contribution in [0.3, 0.4) is 0 Å². The minimum atomic E-state index is -3.67. The molecule has 0 bridgehead atoms. The predicted molar refractivity (Wildman–Crippen MR) is 127 cm³/mol. The lowest BCUT2D eigenvalue weighted by Gasteiger charge is -2.36. The van der Waals surface area contributed by atoms with Crippen LogP contribution in [0.1, 0.15) is 41.3 Å². The first-order valence-corrected chi connectivity index (χ1v) is 12.7. The van der Waals surface area contributed by atoms with Crippen molar-refractivity contribution >= 4 is 26.8 Å². The minimum absolute atomic E-state index is 0.333. The summed E-state index contributed by atoms with van der Waals surface area (Å²) in [5.74, 6) is 0.751. The highest BCUT2D eigenvalue weighted by Gasteiger charge is 2.42. The Bertz CT molecular complexity index is 1370. The summed E-state index contributed by atoms with van der Waals surface area (Å²) < 4.78 is 37.5. The molecule has 0 saturated heterocycles. The maximum atomic E-state index is 12.6. The highest BCUT2D eigenvalue weighted by atomic mass is 32.2. The zero-order valence-electron chi connectivity index (χ0n) is 19.5. The average Bonchev–Trinajstić information content (AvgIpc) is 2.76. The molecule has 33 heavy (non-hydrogen) atoms. The maximum Gasteiger partial charge on any atom is 0.277 e. The van der Waals surface area contributed by atoms with Crippen molar-refractivity contribution in [2.45, 2.75) is 52.7 Å². The van der Waals surface area contributed by atoms with Gasteiger partial charge in [-0.3, -0.25) is 4.79 Å². The fraction of sp³-hybridized carbons (Fsp3) is 0.360. The van der Waals surface area contributed by atoms with Crippen molar-refractivity contribution in [2.75, 3.05) is 6.26 Å². The van der Waals surface area contributed by atoms with Crippen molar-refractivity contribution < 1.29 is 22.7 Å². The number of nitrogens with zero attached hydrogens (tertiary/aromatic N) is 1. The molecule has 1 atom stereocenters. The van der Waals surface area contributed by atoms with E-state index in [1.54, 1.807) is 6.92 Å². The van der Waals surface area contributed by atoms with Crippen molar-refractivity contribution in [1.82, 2.24) is 9.71 Å². The molecule has 3 aromatic rings. The van der Waals surface area contributed by atoms with Gasteiger partial charge in [-0.15, -0.1) is 0 Å². The van der Waals surface area contributed by atoms with E-state index in [2.05, 4.69) is 4.98 Å². The third-order valence-corrected chi connectivity index (χ3v) is 6.83. The number of ether oxygens (including phenoxy) is 2. The zero-order valence-corrected chi connectivity index (χ0v) is 20.3. The Kier molecular flexibility index (Phi) is 5.82. The van der Waals surface area contributed by atoms with Crippen LogP contribution < -0.4 is 14.2 Å². The van der Waals surface area contributed by atoms with Crippen molar-refractivity contribution in [1.29, 1.82) is 0 Å². The Hall–Kier alpha value is -3.13. The number of hydrogen-bond donors (Lipinski definition) is 1. The molecule has 174 valence electrons. The summed E-state index contributed by atoms with van der Waals surface area (Å²) in [5.41, 5.74) is 4.22. The number of carbonyl (C=O) groups excluding carboxylic acids is 1. The molecule has 1 aliphatic heterocycles. The van der Waals surface area contributed by atoms with Crippen LogP contribution in [0.25, 0.3) is 10.9 Å². The van der Waals surface area contributed by atoms with Gasteiger partial charge >= 0.3 is 0 Å². The van der Waals surface area contributed by atoms with E-state index < -0.39 is 21.5 Å². The zero-order chi connectivity index (χ0) is 24.0. The summed E-state index contributed by atoms with van der Waals surface area (Å²) in [4.78, 5) is 17.3. The van der Waals surface area contributed by atoms with Gasteiger partial charge in [0, 0.05) is 17.4 Å². The molecule has 8 heteroatoms. The van der Waals surface area contributed by atoms with E-state index >= 15 is 0 Å². The molecule has 1 aliphatic rings. The Balaban J connectivity index is 1.61. The fourth-order valence-electron chi connectivity index (χ4n) is 4.22. The van der Waals surface area contributed by atoms with Gasteiger partial charge in [-0.25, -0.2) is 18.1 Å². The molecular formula is C25H28N2O5S. The van der Waals surface area contributed by atoms with E-state index in [0.29, 0.717) is 25.2 Å².